The van der Waals surface area contributed by atoms with Gasteiger partial charge in [0.05, 0.1) is 12.5 Å². The van der Waals surface area contributed by atoms with Crippen LogP contribution in [0.25, 0.3) is 0 Å². The molecule has 1 heterocycles. The number of carboxylic acids is 1. The molecular weight excluding hydrogens is 200 g/mol. The van der Waals surface area contributed by atoms with E-state index in [1.165, 1.54) is 13.0 Å². The third-order valence-electron chi connectivity index (χ3n) is 2.33. The number of carbonyl (C=O) groups is 2. The van der Waals surface area contributed by atoms with Gasteiger partial charge in [-0.1, -0.05) is 6.92 Å². The Morgan fingerprint density at radius 2 is 2.27 bits per heavy atom. The summed E-state index contributed by atoms with van der Waals surface area (Å²) < 4.78 is 4.92. The molecule has 0 bridgehead atoms. The second kappa shape index (κ2) is 4.02. The lowest BCUT2D eigenvalue weighted by Crippen LogP contribution is -2.28. The van der Waals surface area contributed by atoms with Crippen LogP contribution in [0.1, 0.15) is 20.3 Å². The molecule has 2 unspecified atom stereocenters. The van der Waals surface area contributed by atoms with Crippen LogP contribution < -0.4 is 0 Å². The van der Waals surface area contributed by atoms with Crippen LogP contribution in [0, 0.1) is 5.92 Å². The summed E-state index contributed by atoms with van der Waals surface area (Å²) >= 11 is 0. The maximum atomic E-state index is 11.3. The third-order valence-corrected chi connectivity index (χ3v) is 2.33. The van der Waals surface area contributed by atoms with Crippen LogP contribution >= 0.6 is 0 Å². The highest BCUT2D eigenvalue weighted by atomic mass is 16.6. The van der Waals surface area contributed by atoms with Crippen LogP contribution in [0.15, 0.2) is 11.6 Å². The average Bonchev–Trinajstić information content (AvgIpc) is 2.43. The number of aliphatic hydroxyl groups is 1. The minimum absolute atomic E-state index is 0.129. The second-order valence-electron chi connectivity index (χ2n) is 3.97. The molecule has 1 rings (SSSR count). The van der Waals surface area contributed by atoms with E-state index in [1.807, 2.05) is 0 Å². The molecule has 0 aliphatic carbocycles. The summed E-state index contributed by atoms with van der Waals surface area (Å²) in [6, 6.07) is 0. The molecule has 0 aromatic rings. The Kier molecular flexibility index (Phi) is 3.14. The smallest absolute Gasteiger partial charge is 0.334 e. The Morgan fingerprint density at radius 3 is 2.67 bits per heavy atom. The fourth-order valence-corrected chi connectivity index (χ4v) is 1.37. The fourth-order valence-electron chi connectivity index (χ4n) is 1.37. The van der Waals surface area contributed by atoms with Crippen molar-refractivity contribution < 1.29 is 24.5 Å². The number of carbonyl (C=O) groups excluding carboxylic acids is 1. The predicted octanol–water partition coefficient (Wildman–Crippen LogP) is 0.331. The molecule has 1 aliphatic rings. The molecule has 84 valence electrons. The van der Waals surface area contributed by atoms with Crippen molar-refractivity contribution in [1.29, 1.82) is 0 Å². The maximum absolute atomic E-state index is 11.3. The van der Waals surface area contributed by atoms with Crippen LogP contribution in [-0.4, -0.2) is 34.4 Å². The van der Waals surface area contributed by atoms with Gasteiger partial charge < -0.3 is 14.9 Å². The van der Waals surface area contributed by atoms with E-state index in [0.717, 1.165) is 0 Å². The Hall–Kier alpha value is -1.36. The van der Waals surface area contributed by atoms with Gasteiger partial charge in [-0.25, -0.2) is 4.79 Å². The van der Waals surface area contributed by atoms with E-state index in [0.29, 0.717) is 5.57 Å². The molecule has 0 spiro atoms. The number of cyclic esters (lactones) is 1. The summed E-state index contributed by atoms with van der Waals surface area (Å²) in [5.41, 5.74) is -0.675. The van der Waals surface area contributed by atoms with Crippen LogP contribution in [0.2, 0.25) is 0 Å². The van der Waals surface area contributed by atoms with Crippen LogP contribution in [0.4, 0.5) is 0 Å². The Morgan fingerprint density at radius 1 is 1.67 bits per heavy atom. The third kappa shape index (κ3) is 2.56. The van der Waals surface area contributed by atoms with Crippen molar-refractivity contribution in [1.82, 2.24) is 0 Å². The van der Waals surface area contributed by atoms with Gasteiger partial charge in [0.2, 0.25) is 0 Å². The summed E-state index contributed by atoms with van der Waals surface area (Å²) in [6.07, 6.45) is 1.62. The highest BCUT2D eigenvalue weighted by Crippen LogP contribution is 2.27. The second-order valence-corrected chi connectivity index (χ2v) is 3.97. The van der Waals surface area contributed by atoms with Gasteiger partial charge in [-0.2, -0.15) is 0 Å². The first kappa shape index (κ1) is 11.7. The number of esters is 1. The maximum Gasteiger partial charge on any atom is 0.334 e. The summed E-state index contributed by atoms with van der Waals surface area (Å²) in [7, 11) is 0. The monoisotopic (exact) mass is 214 g/mol. The van der Waals surface area contributed by atoms with Gasteiger partial charge in [-0.3, -0.25) is 4.79 Å². The van der Waals surface area contributed by atoms with Crippen molar-refractivity contribution in [2.45, 2.75) is 25.9 Å². The van der Waals surface area contributed by atoms with E-state index in [-0.39, 0.29) is 13.0 Å². The zero-order valence-electron chi connectivity index (χ0n) is 8.69. The molecule has 5 heteroatoms. The lowest BCUT2D eigenvalue weighted by Gasteiger charge is -2.16. The molecule has 5 nitrogen and oxygen atoms in total. The number of hydrogen-bond acceptors (Lipinski definition) is 4. The van der Waals surface area contributed by atoms with Crippen LogP contribution in [0.5, 0.6) is 0 Å². The Bertz CT molecular complexity index is 320. The summed E-state index contributed by atoms with van der Waals surface area (Å²) in [6.45, 7) is 2.79. The topological polar surface area (TPSA) is 83.8 Å². The molecule has 0 saturated heterocycles. The lowest BCUT2D eigenvalue weighted by atomic mass is 9.99. The lowest BCUT2D eigenvalue weighted by molar-refractivity contribution is -0.148. The van der Waals surface area contributed by atoms with Crippen molar-refractivity contribution in [2.24, 2.45) is 5.92 Å². The fraction of sp³-hybridized carbons (Fsp3) is 0.600. The molecule has 15 heavy (non-hydrogen) atoms. The van der Waals surface area contributed by atoms with E-state index in [4.69, 9.17) is 14.9 Å². The SMILES string of the molecule is CC(CC1=CC(C)(CO)OC1=O)C(=O)O. The number of rotatable bonds is 4. The molecule has 0 aromatic carbocycles. The summed E-state index contributed by atoms with van der Waals surface area (Å²) in [5.74, 6) is -2.13. The molecule has 0 radical (unpaired) electrons. The van der Waals surface area contributed by atoms with E-state index in [2.05, 4.69) is 0 Å². The first-order valence-electron chi connectivity index (χ1n) is 4.67. The van der Waals surface area contributed by atoms with Crippen LogP contribution in [0.3, 0.4) is 0 Å². The van der Waals surface area contributed by atoms with Crippen molar-refractivity contribution in [3.8, 4) is 0 Å². The van der Waals surface area contributed by atoms with E-state index in [1.54, 1.807) is 6.92 Å². The number of hydrogen-bond donors (Lipinski definition) is 2. The Balaban J connectivity index is 2.74. The number of ether oxygens (including phenoxy) is 1. The summed E-state index contributed by atoms with van der Waals surface area (Å²) in [4.78, 5) is 21.9. The van der Waals surface area contributed by atoms with Gasteiger partial charge >= 0.3 is 11.9 Å². The molecule has 0 aromatic heterocycles. The number of aliphatic hydroxyl groups excluding tert-OH is 1. The Labute approximate surface area is 87.4 Å². The first-order valence-corrected chi connectivity index (χ1v) is 4.67. The van der Waals surface area contributed by atoms with E-state index in [9.17, 15) is 9.59 Å². The molecular formula is C10H14O5. The predicted molar refractivity (Wildman–Crippen MR) is 51.1 cm³/mol. The van der Waals surface area contributed by atoms with Crippen molar-refractivity contribution in [3.63, 3.8) is 0 Å². The van der Waals surface area contributed by atoms with Crippen molar-refractivity contribution in [3.05, 3.63) is 11.6 Å². The number of carboxylic acid groups (broad SMARTS) is 1. The molecule has 2 N–H and O–H groups in total. The summed E-state index contributed by atoms with van der Waals surface area (Å²) in [5, 5.41) is 17.7. The van der Waals surface area contributed by atoms with Crippen LogP contribution in [-0.2, 0) is 14.3 Å². The van der Waals surface area contributed by atoms with E-state index < -0.39 is 23.5 Å². The normalized spacial score (nSPS) is 27.1. The minimum Gasteiger partial charge on any atom is -0.481 e. The molecule has 0 amide bonds. The highest BCUT2D eigenvalue weighted by Gasteiger charge is 2.36. The first-order chi connectivity index (χ1) is 6.88. The standard InChI is InChI=1S/C10H14O5/c1-6(8(12)13)3-7-4-10(2,5-11)15-9(7)14/h4,6,11H,3,5H2,1-2H3,(H,12,13). The van der Waals surface area contributed by atoms with Gasteiger partial charge in [0.15, 0.2) is 5.60 Å². The molecule has 1 aliphatic heterocycles. The quantitative estimate of drug-likeness (QED) is 0.659. The van der Waals surface area contributed by atoms with Gasteiger partial charge in [0, 0.05) is 5.57 Å². The largest absolute Gasteiger partial charge is 0.481 e. The highest BCUT2D eigenvalue weighted by molar-refractivity contribution is 5.92. The van der Waals surface area contributed by atoms with Gasteiger partial charge in [0.1, 0.15) is 0 Å². The molecule has 0 fully saturated rings. The molecule has 0 saturated carbocycles. The average molecular weight is 214 g/mol. The van der Waals surface area contributed by atoms with Crippen molar-refractivity contribution >= 4 is 11.9 Å². The zero-order valence-corrected chi connectivity index (χ0v) is 8.69. The van der Waals surface area contributed by atoms with E-state index >= 15 is 0 Å². The number of aliphatic carboxylic acids is 1. The van der Waals surface area contributed by atoms with Gasteiger partial charge in [-0.05, 0) is 19.4 Å². The zero-order chi connectivity index (χ0) is 11.6. The van der Waals surface area contributed by atoms with Crippen molar-refractivity contribution in [2.75, 3.05) is 6.61 Å². The minimum atomic E-state index is -0.995. The van der Waals surface area contributed by atoms with Gasteiger partial charge in [-0.15, -0.1) is 0 Å². The molecule has 2 atom stereocenters. The van der Waals surface area contributed by atoms with Gasteiger partial charge in [0.25, 0.3) is 0 Å².